The zero-order chi connectivity index (χ0) is 62.5. The number of benzene rings is 1. The Morgan fingerprint density at radius 1 is 0.419 bits per heavy atom. The van der Waals surface area contributed by atoms with Crippen LogP contribution in [0.3, 0.4) is 0 Å². The lowest BCUT2D eigenvalue weighted by molar-refractivity contribution is -0.196. The second kappa shape index (κ2) is 59.4. The number of carbonyl (C=O) groups is 5. The van der Waals surface area contributed by atoms with Crippen molar-refractivity contribution in [1.29, 1.82) is 0 Å². The lowest BCUT2D eigenvalue weighted by Crippen LogP contribution is -2.50. The molecule has 1 aromatic rings. The topological polar surface area (TPSA) is 147 Å². The van der Waals surface area contributed by atoms with Crippen LogP contribution in [-0.2, 0) is 38.1 Å². The normalized spacial score (nSPS) is 12.5. The lowest BCUT2D eigenvalue weighted by atomic mass is 10.1. The molecule has 0 spiro atoms. The molecular weight excluding hydrogens is 1070 g/mol. The van der Waals surface area contributed by atoms with Crippen molar-refractivity contribution >= 4 is 36.0 Å². The van der Waals surface area contributed by atoms with Gasteiger partial charge in [0.15, 0.2) is 0 Å². The van der Waals surface area contributed by atoms with Gasteiger partial charge in [-0.2, -0.15) is 0 Å². The zero-order valence-electron chi connectivity index (χ0n) is 55.9. The third-order valence-corrected chi connectivity index (χ3v) is 15.8. The summed E-state index contributed by atoms with van der Waals surface area (Å²) in [7, 11) is 0. The highest BCUT2D eigenvalue weighted by Gasteiger charge is 2.40. The molecule has 0 aromatic heterocycles. The van der Waals surface area contributed by atoms with Gasteiger partial charge in [-0.1, -0.05) is 244 Å². The minimum Gasteiger partial charge on any atom is -0.461 e. The van der Waals surface area contributed by atoms with E-state index in [1.807, 2.05) is 12.1 Å². The molecule has 0 unspecified atom stereocenters. The van der Waals surface area contributed by atoms with Gasteiger partial charge in [0.05, 0.1) is 6.42 Å². The van der Waals surface area contributed by atoms with Crippen molar-refractivity contribution in [3.05, 3.63) is 71.8 Å². The van der Waals surface area contributed by atoms with E-state index in [-0.39, 0.29) is 38.1 Å². The first-order valence-corrected chi connectivity index (χ1v) is 35.6. The minimum atomic E-state index is -1.76. The van der Waals surface area contributed by atoms with Gasteiger partial charge in [0.1, 0.15) is 19.8 Å². The van der Waals surface area contributed by atoms with Crippen molar-refractivity contribution in [3.8, 4) is 0 Å². The molecule has 0 saturated heterocycles. The van der Waals surface area contributed by atoms with Gasteiger partial charge in [-0.25, -0.2) is 0 Å². The number of rotatable bonds is 61. The molecule has 0 aliphatic heterocycles. The molecule has 0 heterocycles. The summed E-state index contributed by atoms with van der Waals surface area (Å²) in [5, 5.41) is 2.99. The number of carbonyl (C=O) groups excluding carboxylic acids is 5. The van der Waals surface area contributed by atoms with Gasteiger partial charge in [0.25, 0.3) is 5.91 Å². The van der Waals surface area contributed by atoms with E-state index in [0.29, 0.717) is 37.3 Å². The molecule has 0 radical (unpaired) electrons. The Hall–Kier alpha value is -4.54. The quantitative estimate of drug-likeness (QED) is 0.0221. The molecule has 11 nitrogen and oxygen atoms in total. The minimum absolute atomic E-state index is 0.0767. The number of amides is 1. The Kier molecular flexibility index (Phi) is 54.9. The molecule has 0 fully saturated rings. The third-order valence-electron chi connectivity index (χ3n) is 15.8. The molecule has 1 aromatic carbocycles. The van der Waals surface area contributed by atoms with E-state index in [9.17, 15) is 24.0 Å². The van der Waals surface area contributed by atoms with Crippen LogP contribution in [0.15, 0.2) is 65.7 Å². The number of hydrogen-bond donors (Lipinski definition) is 1. The molecule has 0 bridgehead atoms. The number of ether oxygens (including phenoxy) is 4. The lowest BCUT2D eigenvalue weighted by Gasteiger charge is -2.32. The van der Waals surface area contributed by atoms with Crippen LogP contribution in [0.1, 0.15) is 339 Å². The van der Waals surface area contributed by atoms with Crippen molar-refractivity contribution in [3.63, 3.8) is 0 Å². The van der Waals surface area contributed by atoms with Crippen LogP contribution in [0.4, 0.5) is 0 Å². The molecule has 11 heteroatoms. The molecule has 1 rings (SSSR count). The van der Waals surface area contributed by atoms with Crippen LogP contribution in [0.2, 0.25) is 0 Å². The Bertz CT molecular complexity index is 1850. The van der Waals surface area contributed by atoms with E-state index in [2.05, 4.69) is 81.4 Å². The van der Waals surface area contributed by atoms with Crippen LogP contribution < -0.4 is 5.32 Å². The van der Waals surface area contributed by atoms with Gasteiger partial charge in [-0.3, -0.25) is 29.0 Å². The van der Waals surface area contributed by atoms with Crippen molar-refractivity contribution in [1.82, 2.24) is 5.32 Å². The molecule has 1 N–H and O–H groups in total. The van der Waals surface area contributed by atoms with E-state index in [4.69, 9.17) is 18.9 Å². The van der Waals surface area contributed by atoms with Crippen molar-refractivity contribution < 1.29 is 42.9 Å². The largest absolute Gasteiger partial charge is 0.461 e. The van der Waals surface area contributed by atoms with Gasteiger partial charge < -0.3 is 24.3 Å². The number of allylic oxidation sites excluding steroid dienone is 6. The molecular formula is C75H128N2O9. The molecule has 0 saturated carbocycles. The second-order valence-corrected chi connectivity index (χ2v) is 24.8. The number of nitrogens with one attached hydrogen (secondary N) is 1. The average molecular weight is 1200 g/mol. The first-order chi connectivity index (χ1) is 42.0. The predicted octanol–water partition coefficient (Wildman–Crippen LogP) is 20.7. The molecule has 0 aliphatic rings. The highest BCUT2D eigenvalue weighted by Crippen LogP contribution is 2.21. The van der Waals surface area contributed by atoms with Crippen molar-refractivity contribution in [2.45, 2.75) is 329 Å². The van der Waals surface area contributed by atoms with E-state index in [1.54, 1.807) is 18.3 Å². The number of hydrogen-bond acceptors (Lipinski definition) is 10. The SMILES string of the molecule is CCCCCCCC=CCCCCCCCC(=O)OCC(COC(=O)CCCCCCCC=CCCCCCCCC)(COC(=O)CCCCCCCC=CCCCCCCCC)OC(=O)CCN=Cc1ccc(C(=O)NCCCCC(C)C)cc1. The Labute approximate surface area is 526 Å². The van der Waals surface area contributed by atoms with Crippen molar-refractivity contribution in [2.24, 2.45) is 10.9 Å². The highest BCUT2D eigenvalue weighted by molar-refractivity contribution is 5.95. The van der Waals surface area contributed by atoms with Gasteiger partial charge in [-0.15, -0.1) is 0 Å². The number of nitrogens with zero attached hydrogens (tertiary/aromatic N) is 1. The number of aliphatic imine (C=N–C) groups is 1. The van der Waals surface area contributed by atoms with Crippen LogP contribution >= 0.6 is 0 Å². The van der Waals surface area contributed by atoms with Crippen LogP contribution in [0.5, 0.6) is 0 Å². The molecule has 1 amide bonds. The van der Waals surface area contributed by atoms with Gasteiger partial charge >= 0.3 is 23.9 Å². The molecule has 492 valence electrons. The third kappa shape index (κ3) is 51.5. The fourth-order valence-corrected chi connectivity index (χ4v) is 10.2. The maximum atomic E-state index is 13.8. The van der Waals surface area contributed by atoms with Gasteiger partial charge in [-0.05, 0) is 126 Å². The first-order valence-electron chi connectivity index (χ1n) is 35.6. The fourth-order valence-electron chi connectivity index (χ4n) is 10.2. The summed E-state index contributed by atoms with van der Waals surface area (Å²) in [5.74, 6) is -1.51. The molecule has 0 atom stereocenters. The number of unbranched alkanes of at least 4 members (excludes halogenated alkanes) is 33. The van der Waals surface area contributed by atoms with E-state index < -0.39 is 49.3 Å². The predicted molar refractivity (Wildman–Crippen MR) is 360 cm³/mol. The highest BCUT2D eigenvalue weighted by atomic mass is 16.6. The second-order valence-electron chi connectivity index (χ2n) is 24.8. The standard InChI is InChI=1S/C75H128N2O9/c1-6-9-12-15-18-21-24-27-30-33-36-39-42-45-48-54-71(79)84-65-75(64-83-70(78)53-47-44-41-38-35-32-29-26-23-20-17-14-11-8-3,66-85-72(80)55-49-46-43-40-37-34-31-28-25-22-19-16-13-10-7-2)86-73(81)60-62-76-63-68-56-58-69(59-57-68)74(82)77-61-51-50-52-67(4)5/h26-31,56-59,63,67H,6-25,32-55,60-62,64-66H2,1-5H3,(H,77,82). The Morgan fingerprint density at radius 3 is 1.10 bits per heavy atom. The summed E-state index contributed by atoms with van der Waals surface area (Å²) >= 11 is 0. The summed E-state index contributed by atoms with van der Waals surface area (Å²) in [5.41, 5.74) is -0.438. The monoisotopic (exact) mass is 1200 g/mol. The van der Waals surface area contributed by atoms with Gasteiger partial charge in [0.2, 0.25) is 5.60 Å². The average Bonchev–Trinajstić information content (AvgIpc) is 3.70. The van der Waals surface area contributed by atoms with E-state index in [0.717, 1.165) is 140 Å². The van der Waals surface area contributed by atoms with E-state index >= 15 is 0 Å². The van der Waals surface area contributed by atoms with Crippen LogP contribution in [-0.4, -0.2) is 74.5 Å². The molecule has 86 heavy (non-hydrogen) atoms. The summed E-state index contributed by atoms with van der Waals surface area (Å²) < 4.78 is 23.7. The smallest absolute Gasteiger partial charge is 0.308 e. The maximum Gasteiger partial charge on any atom is 0.308 e. The van der Waals surface area contributed by atoms with Crippen LogP contribution in [0.25, 0.3) is 0 Å². The fraction of sp³-hybridized carbons (Fsp3) is 0.760. The van der Waals surface area contributed by atoms with Gasteiger partial charge in [0, 0.05) is 44.1 Å². The summed E-state index contributed by atoms with van der Waals surface area (Å²) in [4.78, 5) is 71.1. The van der Waals surface area contributed by atoms with Crippen LogP contribution in [0, 0.1) is 5.92 Å². The summed E-state index contributed by atoms with van der Waals surface area (Å²) in [6.07, 6.45) is 62.3. The molecule has 0 aliphatic carbocycles. The van der Waals surface area contributed by atoms with E-state index in [1.165, 1.54) is 109 Å². The Morgan fingerprint density at radius 2 is 0.756 bits per heavy atom. The Balaban J connectivity index is 3.00. The summed E-state index contributed by atoms with van der Waals surface area (Å²) in [6.45, 7) is 10.5. The number of esters is 4. The zero-order valence-corrected chi connectivity index (χ0v) is 55.9. The van der Waals surface area contributed by atoms with Crippen molar-refractivity contribution in [2.75, 3.05) is 32.9 Å². The first kappa shape index (κ1) is 79.5. The summed E-state index contributed by atoms with van der Waals surface area (Å²) in [6, 6.07) is 7.12. The maximum absolute atomic E-state index is 13.8.